The number of halogens is 3. The molecule has 228 valence electrons. The molecule has 4 aliphatic rings. The fourth-order valence-corrected chi connectivity index (χ4v) is 8.17. The van der Waals surface area contributed by atoms with E-state index in [4.69, 9.17) is 41.4 Å². The van der Waals surface area contributed by atoms with Crippen LogP contribution in [0.4, 0.5) is 20.5 Å². The summed E-state index contributed by atoms with van der Waals surface area (Å²) in [5, 5.41) is 14.4. The molecular weight excluding hydrogens is 590 g/mol. The summed E-state index contributed by atoms with van der Waals surface area (Å²) in [5.41, 5.74) is 7.23. The Hall–Kier alpha value is -3.79. The number of hydrogen-bond donors (Lipinski definition) is 2. The van der Waals surface area contributed by atoms with Crippen molar-refractivity contribution in [1.29, 1.82) is 5.26 Å². The van der Waals surface area contributed by atoms with Crippen LogP contribution < -0.4 is 20.7 Å². The number of nitrogens with zero attached hydrogens (tertiary/aromatic N) is 6. The Morgan fingerprint density at radius 2 is 1.98 bits per heavy atom. The minimum Gasteiger partial charge on any atom is -0.461 e. The second-order valence-corrected chi connectivity index (χ2v) is 13.0. The maximum absolute atomic E-state index is 15.7. The van der Waals surface area contributed by atoms with Crippen LogP contribution >= 0.6 is 11.6 Å². The molecule has 44 heavy (non-hydrogen) atoms. The molecule has 7 heterocycles. The van der Waals surface area contributed by atoms with Crippen molar-refractivity contribution in [3.05, 3.63) is 34.2 Å². The monoisotopic (exact) mass is 620 g/mol. The van der Waals surface area contributed by atoms with Gasteiger partial charge in [-0.15, -0.1) is 0 Å². The number of anilines is 2. The topological polar surface area (TPSA) is 129 Å². The molecule has 0 aliphatic carbocycles. The lowest BCUT2D eigenvalue weighted by Crippen LogP contribution is -2.51. The van der Waals surface area contributed by atoms with Gasteiger partial charge in [0.25, 0.3) is 0 Å². The highest BCUT2D eigenvalue weighted by Crippen LogP contribution is 2.45. The molecule has 0 saturated carbocycles. The van der Waals surface area contributed by atoms with E-state index in [0.29, 0.717) is 66.0 Å². The van der Waals surface area contributed by atoms with Crippen molar-refractivity contribution in [2.24, 2.45) is 0 Å². The van der Waals surface area contributed by atoms with E-state index < -0.39 is 17.5 Å². The third-order valence-electron chi connectivity index (χ3n) is 9.92. The standard InChI is InChI=1S/C31H31ClF2N8O2/c1-15-22-21(44-28(15)36)6-5-19(34)23(22)24-20(10-35)38-27-26(25(24)32)39-30(40-29(27)41-12-17-3-4-18(13-41)37-17)43-14-31-7-2-8-42(31)11-16(33)9-31/h5-6,16-18,37H,2-4,7-9,11-14,36H2,1H3/t16-,17?,18?,31+/m1/s1. The average molecular weight is 621 g/mol. The van der Waals surface area contributed by atoms with Crippen molar-refractivity contribution in [1.82, 2.24) is 25.2 Å². The number of rotatable bonds is 5. The Morgan fingerprint density at radius 3 is 2.75 bits per heavy atom. The summed E-state index contributed by atoms with van der Waals surface area (Å²) < 4.78 is 42.1. The normalized spacial score (nSPS) is 26.5. The quantitative estimate of drug-likeness (QED) is 0.318. The molecular formula is C31H31ClF2N8O2. The number of furan rings is 1. The summed E-state index contributed by atoms with van der Waals surface area (Å²) in [7, 11) is 0. The van der Waals surface area contributed by atoms with E-state index in [1.807, 2.05) is 0 Å². The van der Waals surface area contributed by atoms with Gasteiger partial charge >= 0.3 is 6.01 Å². The molecule has 13 heteroatoms. The number of piperazine rings is 1. The van der Waals surface area contributed by atoms with Gasteiger partial charge in [-0.2, -0.15) is 15.2 Å². The highest BCUT2D eigenvalue weighted by molar-refractivity contribution is 6.38. The number of nitriles is 1. The number of hydrogen-bond acceptors (Lipinski definition) is 10. The van der Waals surface area contributed by atoms with Gasteiger partial charge in [0.15, 0.2) is 17.4 Å². The number of aryl methyl sites for hydroxylation is 1. The number of ether oxygens (including phenoxy) is 1. The van der Waals surface area contributed by atoms with Gasteiger partial charge in [-0.3, -0.25) is 4.90 Å². The zero-order chi connectivity index (χ0) is 30.3. The fourth-order valence-electron chi connectivity index (χ4n) is 7.86. The minimum absolute atomic E-state index is 0.0501. The molecule has 0 radical (unpaired) electrons. The summed E-state index contributed by atoms with van der Waals surface area (Å²) >= 11 is 7.12. The van der Waals surface area contributed by atoms with Gasteiger partial charge in [-0.25, -0.2) is 13.8 Å². The number of benzene rings is 1. The van der Waals surface area contributed by atoms with E-state index in [9.17, 15) is 9.65 Å². The SMILES string of the molecule is Cc1c(N)oc2ccc(F)c(-c3c(C#N)nc4c(N5CC6CCC(C5)N6)nc(OC[C@@]56CCCN5C[C@H](F)C6)nc4c3Cl)c12. The molecule has 3 aromatic heterocycles. The van der Waals surface area contributed by atoms with E-state index in [2.05, 4.69) is 21.2 Å². The molecule has 1 aromatic carbocycles. The minimum atomic E-state index is -0.896. The van der Waals surface area contributed by atoms with Gasteiger partial charge in [0, 0.05) is 60.2 Å². The number of nitrogens with one attached hydrogen (secondary N) is 1. The lowest BCUT2D eigenvalue weighted by Gasteiger charge is -2.34. The van der Waals surface area contributed by atoms with E-state index in [0.717, 1.165) is 32.2 Å². The van der Waals surface area contributed by atoms with E-state index in [1.165, 1.54) is 12.1 Å². The second kappa shape index (κ2) is 10.1. The molecule has 10 nitrogen and oxygen atoms in total. The van der Waals surface area contributed by atoms with Crippen molar-refractivity contribution in [3.63, 3.8) is 0 Å². The number of fused-ring (bicyclic) bond motifs is 5. The summed E-state index contributed by atoms with van der Waals surface area (Å²) in [6, 6.07) is 5.55. The van der Waals surface area contributed by atoms with Crippen LogP contribution in [0.15, 0.2) is 16.5 Å². The summed E-state index contributed by atoms with van der Waals surface area (Å²) in [6.07, 6.45) is 3.43. The van der Waals surface area contributed by atoms with Crippen molar-refractivity contribution in [2.75, 3.05) is 43.4 Å². The maximum Gasteiger partial charge on any atom is 0.319 e. The maximum atomic E-state index is 15.7. The van der Waals surface area contributed by atoms with Gasteiger partial charge in [-0.1, -0.05) is 11.6 Å². The first-order valence-electron chi connectivity index (χ1n) is 15.1. The van der Waals surface area contributed by atoms with Gasteiger partial charge < -0.3 is 25.1 Å². The molecule has 0 amide bonds. The summed E-state index contributed by atoms with van der Waals surface area (Å²) in [6.45, 7) is 4.58. The molecule has 4 aliphatic heterocycles. The van der Waals surface area contributed by atoms with E-state index >= 15 is 4.39 Å². The van der Waals surface area contributed by atoms with Gasteiger partial charge in [0.1, 0.15) is 41.3 Å². The fraction of sp³-hybridized carbons (Fsp3) is 0.484. The molecule has 0 spiro atoms. The second-order valence-electron chi connectivity index (χ2n) is 12.6. The van der Waals surface area contributed by atoms with Crippen molar-refractivity contribution < 1.29 is 17.9 Å². The van der Waals surface area contributed by atoms with E-state index in [-0.39, 0.29) is 45.9 Å². The lowest BCUT2D eigenvalue weighted by molar-refractivity contribution is 0.107. The predicted molar refractivity (Wildman–Crippen MR) is 162 cm³/mol. The zero-order valence-corrected chi connectivity index (χ0v) is 24.9. The Bertz CT molecular complexity index is 1870. The Labute approximate surface area is 257 Å². The number of pyridine rings is 1. The van der Waals surface area contributed by atoms with Crippen LogP contribution in [0, 0.1) is 24.1 Å². The summed E-state index contributed by atoms with van der Waals surface area (Å²) in [5.74, 6) is 0.0470. The third kappa shape index (κ3) is 4.20. The molecule has 8 rings (SSSR count). The molecule has 4 aromatic rings. The van der Waals surface area contributed by atoms with Crippen LogP contribution in [-0.2, 0) is 0 Å². The average Bonchev–Trinajstić information content (AvgIpc) is 3.73. The van der Waals surface area contributed by atoms with Crippen LogP contribution in [0.3, 0.4) is 0 Å². The van der Waals surface area contributed by atoms with Gasteiger partial charge in [0.2, 0.25) is 0 Å². The van der Waals surface area contributed by atoms with Gasteiger partial charge in [-0.05, 0) is 51.3 Å². The largest absolute Gasteiger partial charge is 0.461 e. The molecule has 3 N–H and O–H groups in total. The first-order chi connectivity index (χ1) is 21.2. The Morgan fingerprint density at radius 1 is 1.18 bits per heavy atom. The smallest absolute Gasteiger partial charge is 0.319 e. The van der Waals surface area contributed by atoms with Crippen LogP contribution in [0.2, 0.25) is 5.02 Å². The first kappa shape index (κ1) is 27.7. The highest BCUT2D eigenvalue weighted by atomic mass is 35.5. The van der Waals surface area contributed by atoms with Crippen LogP contribution in [0.25, 0.3) is 33.1 Å². The number of nitrogens with two attached hydrogens (primary N) is 1. The Kier molecular flexibility index (Phi) is 6.38. The highest BCUT2D eigenvalue weighted by Gasteiger charge is 2.49. The molecule has 4 fully saturated rings. The number of aromatic nitrogens is 3. The zero-order valence-electron chi connectivity index (χ0n) is 24.2. The van der Waals surface area contributed by atoms with Crippen LogP contribution in [0.1, 0.15) is 43.4 Å². The van der Waals surface area contributed by atoms with Crippen molar-refractivity contribution in [3.8, 4) is 23.2 Å². The van der Waals surface area contributed by atoms with E-state index in [1.54, 1.807) is 6.92 Å². The van der Waals surface area contributed by atoms with Crippen LogP contribution in [-0.4, -0.2) is 76.4 Å². The molecule has 4 atom stereocenters. The summed E-state index contributed by atoms with van der Waals surface area (Å²) in [4.78, 5) is 18.6. The number of nitrogen functional groups attached to an aromatic ring is 1. The number of alkyl halides is 1. The predicted octanol–water partition coefficient (Wildman–Crippen LogP) is 4.89. The molecule has 2 unspecified atom stereocenters. The third-order valence-corrected chi connectivity index (χ3v) is 10.3. The Balaban J connectivity index is 1.31. The van der Waals surface area contributed by atoms with Crippen molar-refractivity contribution >= 4 is 45.3 Å². The van der Waals surface area contributed by atoms with Crippen molar-refractivity contribution in [2.45, 2.75) is 62.8 Å². The molecule has 2 bridgehead atoms. The molecule has 4 saturated heterocycles. The lowest BCUT2D eigenvalue weighted by atomic mass is 9.95. The van der Waals surface area contributed by atoms with Crippen LogP contribution in [0.5, 0.6) is 6.01 Å². The first-order valence-corrected chi connectivity index (χ1v) is 15.4. The van der Waals surface area contributed by atoms with Gasteiger partial charge in [0.05, 0.1) is 10.6 Å².